The molecule has 0 amide bonds. The molecule has 0 spiro atoms. The molecule has 0 saturated heterocycles. The number of aliphatic hydroxyl groups excluding tert-OH is 1. The van der Waals surface area contributed by atoms with Crippen LogP contribution in [0.2, 0.25) is 0 Å². The Morgan fingerprint density at radius 2 is 2.20 bits per heavy atom. The first kappa shape index (κ1) is 13.3. The summed E-state index contributed by atoms with van der Waals surface area (Å²) in [6.45, 7) is 2.72. The number of aryl methyl sites for hydroxylation is 1. The number of rotatable bonds is 3. The first-order valence-electron chi connectivity index (χ1n) is 6.44. The number of benzene rings is 1. The smallest absolute Gasteiger partial charge is 0.122 e. The number of halogens is 1. The van der Waals surface area contributed by atoms with Gasteiger partial charge >= 0.3 is 0 Å². The molecule has 0 radical (unpaired) electrons. The van der Waals surface area contributed by atoms with Gasteiger partial charge in [0.15, 0.2) is 0 Å². The number of aromatic nitrogens is 3. The Kier molecular flexibility index (Phi) is 3.54. The van der Waals surface area contributed by atoms with E-state index in [1.54, 1.807) is 17.1 Å². The van der Waals surface area contributed by atoms with Crippen molar-refractivity contribution in [2.75, 3.05) is 0 Å². The minimum Gasteiger partial charge on any atom is -0.382 e. The van der Waals surface area contributed by atoms with E-state index in [2.05, 4.69) is 26.0 Å². The largest absolute Gasteiger partial charge is 0.382 e. The van der Waals surface area contributed by atoms with Crippen LogP contribution < -0.4 is 0 Å². The maximum absolute atomic E-state index is 10.6. The SMILES string of the molecule is CCn1ncc(Br)c1C(O)c1ccc2ncccc2c1. The van der Waals surface area contributed by atoms with Gasteiger partial charge in [0, 0.05) is 18.1 Å². The van der Waals surface area contributed by atoms with E-state index in [4.69, 9.17) is 0 Å². The summed E-state index contributed by atoms with van der Waals surface area (Å²) in [5.41, 5.74) is 2.53. The van der Waals surface area contributed by atoms with E-state index in [1.165, 1.54) is 0 Å². The first-order valence-corrected chi connectivity index (χ1v) is 7.24. The van der Waals surface area contributed by atoms with E-state index in [0.717, 1.165) is 26.6 Å². The van der Waals surface area contributed by atoms with Gasteiger partial charge in [-0.3, -0.25) is 9.67 Å². The van der Waals surface area contributed by atoms with Crippen LogP contribution >= 0.6 is 15.9 Å². The second-order valence-corrected chi connectivity index (χ2v) is 5.41. The minimum atomic E-state index is -0.712. The van der Waals surface area contributed by atoms with Crippen molar-refractivity contribution in [1.82, 2.24) is 14.8 Å². The Labute approximate surface area is 125 Å². The Morgan fingerprint density at radius 3 is 3.00 bits per heavy atom. The molecule has 0 saturated carbocycles. The van der Waals surface area contributed by atoms with E-state index in [0.29, 0.717) is 6.54 Å². The average Bonchev–Trinajstić information content (AvgIpc) is 2.87. The van der Waals surface area contributed by atoms with Gasteiger partial charge in [0.25, 0.3) is 0 Å². The van der Waals surface area contributed by atoms with Gasteiger partial charge in [0.1, 0.15) is 6.10 Å². The fraction of sp³-hybridized carbons (Fsp3) is 0.200. The molecule has 0 aliphatic carbocycles. The highest BCUT2D eigenvalue weighted by Crippen LogP contribution is 2.29. The third kappa shape index (κ3) is 2.23. The van der Waals surface area contributed by atoms with Crippen molar-refractivity contribution < 1.29 is 5.11 Å². The molecule has 20 heavy (non-hydrogen) atoms. The second-order valence-electron chi connectivity index (χ2n) is 4.55. The van der Waals surface area contributed by atoms with Gasteiger partial charge in [0.05, 0.1) is 21.9 Å². The van der Waals surface area contributed by atoms with Crippen molar-refractivity contribution in [3.8, 4) is 0 Å². The number of aliphatic hydroxyl groups is 1. The minimum absolute atomic E-state index is 0.712. The van der Waals surface area contributed by atoms with Gasteiger partial charge in [-0.25, -0.2) is 0 Å². The third-order valence-corrected chi connectivity index (χ3v) is 3.95. The van der Waals surface area contributed by atoms with Crippen molar-refractivity contribution in [2.45, 2.75) is 19.6 Å². The lowest BCUT2D eigenvalue weighted by Gasteiger charge is -2.14. The molecule has 2 aromatic heterocycles. The van der Waals surface area contributed by atoms with Crippen LogP contribution in [0.15, 0.2) is 47.2 Å². The van der Waals surface area contributed by atoms with Gasteiger partial charge in [-0.05, 0) is 46.6 Å². The second kappa shape index (κ2) is 5.34. The zero-order chi connectivity index (χ0) is 14.1. The number of pyridine rings is 1. The van der Waals surface area contributed by atoms with Crippen LogP contribution in [-0.2, 0) is 6.54 Å². The predicted molar refractivity (Wildman–Crippen MR) is 81.4 cm³/mol. The number of hydrogen-bond donors (Lipinski definition) is 1. The van der Waals surface area contributed by atoms with Crippen LogP contribution in [0.1, 0.15) is 24.3 Å². The average molecular weight is 332 g/mol. The number of hydrogen-bond acceptors (Lipinski definition) is 3. The molecule has 1 N–H and O–H groups in total. The molecule has 0 aliphatic heterocycles. The van der Waals surface area contributed by atoms with E-state index >= 15 is 0 Å². The van der Waals surface area contributed by atoms with E-state index < -0.39 is 6.10 Å². The van der Waals surface area contributed by atoms with Gasteiger partial charge in [0.2, 0.25) is 0 Å². The standard InChI is InChI=1S/C15H14BrN3O/c1-2-19-14(12(16)9-18-19)15(20)11-5-6-13-10(8-11)4-3-7-17-13/h3-9,15,20H,2H2,1H3. The molecule has 1 aromatic carbocycles. The Morgan fingerprint density at radius 1 is 1.35 bits per heavy atom. The molecule has 1 unspecified atom stereocenters. The van der Waals surface area contributed by atoms with E-state index in [9.17, 15) is 5.11 Å². The first-order chi connectivity index (χ1) is 9.70. The van der Waals surface area contributed by atoms with Gasteiger partial charge < -0.3 is 5.11 Å². The monoisotopic (exact) mass is 331 g/mol. The molecule has 5 heteroatoms. The summed E-state index contributed by atoms with van der Waals surface area (Å²) in [6, 6.07) is 9.68. The molecule has 3 rings (SSSR count). The van der Waals surface area contributed by atoms with Crippen LogP contribution in [-0.4, -0.2) is 19.9 Å². The lowest BCUT2D eigenvalue weighted by Crippen LogP contribution is -2.09. The maximum Gasteiger partial charge on any atom is 0.122 e. The molecule has 0 fully saturated rings. The highest BCUT2D eigenvalue weighted by atomic mass is 79.9. The predicted octanol–water partition coefficient (Wildman–Crippen LogP) is 3.30. The normalized spacial score (nSPS) is 12.8. The zero-order valence-electron chi connectivity index (χ0n) is 11.0. The summed E-state index contributed by atoms with van der Waals surface area (Å²) in [5.74, 6) is 0. The number of nitrogens with zero attached hydrogens (tertiary/aromatic N) is 3. The Hall–Kier alpha value is -1.72. The van der Waals surface area contributed by atoms with Crippen molar-refractivity contribution in [3.05, 3.63) is 58.5 Å². The van der Waals surface area contributed by atoms with Crippen LogP contribution in [0.4, 0.5) is 0 Å². The van der Waals surface area contributed by atoms with Crippen molar-refractivity contribution >= 4 is 26.8 Å². The van der Waals surface area contributed by atoms with Crippen LogP contribution in [0.25, 0.3) is 10.9 Å². The summed E-state index contributed by atoms with van der Waals surface area (Å²) in [4.78, 5) is 4.29. The molecule has 3 aromatic rings. The highest BCUT2D eigenvalue weighted by Gasteiger charge is 2.19. The summed E-state index contributed by atoms with van der Waals surface area (Å²) in [6.07, 6.45) is 2.77. The highest BCUT2D eigenvalue weighted by molar-refractivity contribution is 9.10. The lowest BCUT2D eigenvalue weighted by molar-refractivity contribution is 0.207. The third-order valence-electron chi connectivity index (χ3n) is 3.33. The topological polar surface area (TPSA) is 50.9 Å². The molecular formula is C15H14BrN3O. The van der Waals surface area contributed by atoms with Crippen molar-refractivity contribution in [1.29, 1.82) is 0 Å². The van der Waals surface area contributed by atoms with Crippen molar-refractivity contribution in [2.24, 2.45) is 0 Å². The van der Waals surface area contributed by atoms with Crippen molar-refractivity contribution in [3.63, 3.8) is 0 Å². The van der Waals surface area contributed by atoms with E-state index in [1.807, 2.05) is 37.3 Å². The van der Waals surface area contributed by atoms with Crippen LogP contribution in [0.5, 0.6) is 0 Å². The number of fused-ring (bicyclic) bond motifs is 1. The lowest BCUT2D eigenvalue weighted by atomic mass is 10.0. The fourth-order valence-corrected chi connectivity index (χ4v) is 2.83. The summed E-state index contributed by atoms with van der Waals surface area (Å²) in [7, 11) is 0. The van der Waals surface area contributed by atoms with Gasteiger partial charge in [-0.1, -0.05) is 12.1 Å². The molecule has 1 atom stereocenters. The Bertz CT molecular complexity index is 754. The van der Waals surface area contributed by atoms with Gasteiger partial charge in [-0.2, -0.15) is 5.10 Å². The quantitative estimate of drug-likeness (QED) is 0.801. The summed E-state index contributed by atoms with van der Waals surface area (Å²) in [5, 5.41) is 15.9. The molecule has 102 valence electrons. The van der Waals surface area contributed by atoms with E-state index in [-0.39, 0.29) is 0 Å². The van der Waals surface area contributed by atoms with Gasteiger partial charge in [-0.15, -0.1) is 0 Å². The molecular weight excluding hydrogens is 318 g/mol. The maximum atomic E-state index is 10.6. The Balaban J connectivity index is 2.07. The summed E-state index contributed by atoms with van der Waals surface area (Å²) < 4.78 is 2.61. The molecule has 4 nitrogen and oxygen atoms in total. The molecule has 2 heterocycles. The molecule has 0 bridgehead atoms. The summed E-state index contributed by atoms with van der Waals surface area (Å²) >= 11 is 3.45. The van der Waals surface area contributed by atoms with Crippen LogP contribution in [0.3, 0.4) is 0 Å². The van der Waals surface area contributed by atoms with Crippen LogP contribution in [0, 0.1) is 0 Å². The fourth-order valence-electron chi connectivity index (χ4n) is 2.32. The zero-order valence-corrected chi connectivity index (χ0v) is 12.6. The molecule has 0 aliphatic rings.